The van der Waals surface area contributed by atoms with E-state index < -0.39 is 18.1 Å². The van der Waals surface area contributed by atoms with Gasteiger partial charge in [-0.15, -0.1) is 0 Å². The van der Waals surface area contributed by atoms with Crippen LogP contribution in [0.25, 0.3) is 0 Å². The predicted octanol–water partition coefficient (Wildman–Crippen LogP) is 1.59. The van der Waals surface area contributed by atoms with Gasteiger partial charge in [-0.05, 0) is 38.3 Å². The summed E-state index contributed by atoms with van der Waals surface area (Å²) in [7, 11) is 1.74. The van der Waals surface area contributed by atoms with Crippen molar-refractivity contribution < 1.29 is 14.4 Å². The molecule has 2 rings (SSSR count). The number of carbonyl (C=O) groups is 2. The summed E-state index contributed by atoms with van der Waals surface area (Å²) in [4.78, 5) is 38.4. The highest BCUT2D eigenvalue weighted by Gasteiger charge is 2.34. The van der Waals surface area contributed by atoms with Gasteiger partial charge in [0.25, 0.3) is 0 Å². The summed E-state index contributed by atoms with van der Waals surface area (Å²) >= 11 is 0. The monoisotopic (exact) mass is 372 g/mol. The van der Waals surface area contributed by atoms with Crippen LogP contribution in [-0.4, -0.2) is 54.7 Å². The normalized spacial score (nSPS) is 18.7. The summed E-state index contributed by atoms with van der Waals surface area (Å²) in [6.45, 7) is 2.60. The molecule has 0 spiro atoms. The van der Waals surface area contributed by atoms with E-state index in [9.17, 15) is 14.4 Å². The second-order valence-corrected chi connectivity index (χ2v) is 7.04. The highest BCUT2D eigenvalue weighted by atomic mass is 16.2. The van der Waals surface area contributed by atoms with Crippen molar-refractivity contribution in [2.75, 3.05) is 13.6 Å². The number of hydrogen-bond acceptors (Lipinski definition) is 4. The molecule has 1 radical (unpaired) electrons. The lowest BCUT2D eigenvalue weighted by Crippen LogP contribution is -2.54. The van der Waals surface area contributed by atoms with E-state index >= 15 is 0 Å². The maximum Gasteiger partial charge on any atom is 0.245 e. The van der Waals surface area contributed by atoms with E-state index in [1.165, 1.54) is 0 Å². The quantitative estimate of drug-likeness (QED) is 0.654. The van der Waals surface area contributed by atoms with Crippen molar-refractivity contribution in [2.24, 2.45) is 0 Å². The SMILES string of the molecule is CCCC[C@H](NC(=O)[C@H](Cc1ccccc1)NC)C(=O)N1CCC[C@H]1[C]=O. The molecule has 6 nitrogen and oxygen atoms in total. The molecule has 147 valence electrons. The summed E-state index contributed by atoms with van der Waals surface area (Å²) in [6, 6.07) is 8.28. The minimum absolute atomic E-state index is 0.169. The standard InChI is InChI=1S/C21H30N3O3/c1-3-4-12-18(21(27)24-13-8-11-17(24)15-25)23-20(26)19(22-2)14-16-9-6-5-7-10-16/h5-7,9-10,17-19,22H,3-4,8,11-14H2,1-2H3,(H,23,26)/t17-,18-,19-/m0/s1. The number of carbonyl (C=O) groups excluding carboxylic acids is 3. The van der Waals surface area contributed by atoms with Crippen LogP contribution in [0.2, 0.25) is 0 Å². The summed E-state index contributed by atoms with van der Waals surface area (Å²) in [5.74, 6) is -0.362. The number of benzene rings is 1. The Balaban J connectivity index is 2.05. The summed E-state index contributed by atoms with van der Waals surface area (Å²) in [6.07, 6.45) is 6.30. The zero-order valence-corrected chi connectivity index (χ0v) is 16.2. The van der Waals surface area contributed by atoms with Gasteiger partial charge in [-0.1, -0.05) is 50.1 Å². The largest absolute Gasteiger partial charge is 0.343 e. The van der Waals surface area contributed by atoms with Crippen molar-refractivity contribution in [2.45, 2.75) is 63.6 Å². The van der Waals surface area contributed by atoms with Crippen LogP contribution in [0.3, 0.4) is 0 Å². The fraction of sp³-hybridized carbons (Fsp3) is 0.571. The van der Waals surface area contributed by atoms with Gasteiger partial charge in [0.15, 0.2) is 0 Å². The fourth-order valence-electron chi connectivity index (χ4n) is 3.47. The van der Waals surface area contributed by atoms with Crippen LogP contribution in [0, 0.1) is 0 Å². The lowest BCUT2D eigenvalue weighted by atomic mass is 10.0. The Morgan fingerprint density at radius 3 is 2.63 bits per heavy atom. The molecule has 1 aliphatic rings. The van der Waals surface area contributed by atoms with Crippen LogP contribution >= 0.6 is 0 Å². The number of hydrogen-bond donors (Lipinski definition) is 2. The van der Waals surface area contributed by atoms with Gasteiger partial charge in [0.05, 0.1) is 12.1 Å². The van der Waals surface area contributed by atoms with Crippen LogP contribution in [-0.2, 0) is 20.8 Å². The Bertz CT molecular complexity index is 620. The minimum atomic E-state index is -0.599. The second kappa shape index (κ2) is 10.8. The van der Waals surface area contributed by atoms with E-state index in [0.717, 1.165) is 24.8 Å². The minimum Gasteiger partial charge on any atom is -0.343 e. The smallest absolute Gasteiger partial charge is 0.245 e. The molecule has 3 atom stereocenters. The first kappa shape index (κ1) is 21.1. The Hall–Kier alpha value is -2.21. The third-order valence-electron chi connectivity index (χ3n) is 5.08. The molecular weight excluding hydrogens is 342 g/mol. The molecule has 0 aliphatic carbocycles. The molecule has 0 saturated carbocycles. The summed E-state index contributed by atoms with van der Waals surface area (Å²) in [5, 5.41) is 5.96. The Morgan fingerprint density at radius 1 is 1.26 bits per heavy atom. The molecule has 0 unspecified atom stereocenters. The maximum atomic E-state index is 12.9. The fourth-order valence-corrected chi connectivity index (χ4v) is 3.47. The number of likely N-dealkylation sites (N-methyl/N-ethyl adjacent to an activating group) is 1. The van der Waals surface area contributed by atoms with E-state index in [-0.39, 0.29) is 11.8 Å². The van der Waals surface area contributed by atoms with Crippen molar-refractivity contribution >= 4 is 18.1 Å². The first-order valence-electron chi connectivity index (χ1n) is 9.80. The number of likely N-dealkylation sites (tertiary alicyclic amines) is 1. The zero-order chi connectivity index (χ0) is 19.6. The van der Waals surface area contributed by atoms with E-state index in [0.29, 0.717) is 25.8 Å². The third kappa shape index (κ3) is 5.89. The molecule has 2 N–H and O–H groups in total. The van der Waals surface area contributed by atoms with Crippen LogP contribution in [0.15, 0.2) is 30.3 Å². The van der Waals surface area contributed by atoms with Crippen molar-refractivity contribution in [1.29, 1.82) is 0 Å². The number of unbranched alkanes of at least 4 members (excludes halogenated alkanes) is 1. The van der Waals surface area contributed by atoms with Crippen molar-refractivity contribution in [3.05, 3.63) is 35.9 Å². The molecule has 6 heteroatoms. The molecular formula is C21H30N3O3. The van der Waals surface area contributed by atoms with Gasteiger partial charge in [0.2, 0.25) is 18.1 Å². The van der Waals surface area contributed by atoms with E-state index in [1.807, 2.05) is 43.5 Å². The van der Waals surface area contributed by atoms with Crippen LogP contribution in [0.5, 0.6) is 0 Å². The summed E-state index contributed by atoms with van der Waals surface area (Å²) in [5.41, 5.74) is 1.05. The molecule has 0 bridgehead atoms. The lowest BCUT2D eigenvalue weighted by Gasteiger charge is -2.28. The van der Waals surface area contributed by atoms with Gasteiger partial charge in [-0.2, -0.15) is 0 Å². The van der Waals surface area contributed by atoms with Crippen LogP contribution in [0.4, 0.5) is 0 Å². The molecule has 27 heavy (non-hydrogen) atoms. The number of rotatable bonds is 10. The molecule has 2 amide bonds. The Morgan fingerprint density at radius 2 is 2.00 bits per heavy atom. The van der Waals surface area contributed by atoms with E-state index in [4.69, 9.17) is 0 Å². The van der Waals surface area contributed by atoms with Crippen molar-refractivity contribution in [1.82, 2.24) is 15.5 Å². The molecule has 1 saturated heterocycles. The molecule has 1 aromatic carbocycles. The first-order valence-corrected chi connectivity index (χ1v) is 9.80. The van der Waals surface area contributed by atoms with E-state index in [2.05, 4.69) is 10.6 Å². The van der Waals surface area contributed by atoms with Crippen molar-refractivity contribution in [3.63, 3.8) is 0 Å². The third-order valence-corrected chi connectivity index (χ3v) is 5.08. The number of amides is 2. The predicted molar refractivity (Wildman–Crippen MR) is 105 cm³/mol. The Labute approximate surface area is 161 Å². The molecule has 0 aromatic heterocycles. The van der Waals surface area contributed by atoms with Crippen LogP contribution < -0.4 is 10.6 Å². The highest BCUT2D eigenvalue weighted by Crippen LogP contribution is 2.18. The molecule has 1 fully saturated rings. The van der Waals surface area contributed by atoms with Gasteiger partial charge >= 0.3 is 0 Å². The molecule has 1 heterocycles. The van der Waals surface area contributed by atoms with E-state index in [1.54, 1.807) is 11.9 Å². The lowest BCUT2D eigenvalue weighted by molar-refractivity contribution is -0.137. The van der Waals surface area contributed by atoms with Crippen molar-refractivity contribution in [3.8, 4) is 0 Å². The second-order valence-electron chi connectivity index (χ2n) is 7.04. The average molecular weight is 372 g/mol. The maximum absolute atomic E-state index is 12.9. The van der Waals surface area contributed by atoms with Gasteiger partial charge in [0.1, 0.15) is 6.04 Å². The average Bonchev–Trinajstić information content (AvgIpc) is 3.18. The van der Waals surface area contributed by atoms with Gasteiger partial charge < -0.3 is 15.5 Å². The highest BCUT2D eigenvalue weighted by molar-refractivity contribution is 5.91. The number of nitrogens with one attached hydrogen (secondary N) is 2. The zero-order valence-electron chi connectivity index (χ0n) is 16.2. The molecule has 1 aliphatic heterocycles. The number of nitrogens with zero attached hydrogens (tertiary/aromatic N) is 1. The van der Waals surface area contributed by atoms with Crippen LogP contribution in [0.1, 0.15) is 44.6 Å². The van der Waals surface area contributed by atoms with Gasteiger partial charge in [0, 0.05) is 6.54 Å². The molecule has 1 aromatic rings. The Kier molecular flexibility index (Phi) is 8.45. The van der Waals surface area contributed by atoms with Gasteiger partial charge in [-0.3, -0.25) is 14.4 Å². The summed E-state index contributed by atoms with van der Waals surface area (Å²) < 4.78 is 0. The van der Waals surface area contributed by atoms with Gasteiger partial charge in [-0.25, -0.2) is 0 Å². The topological polar surface area (TPSA) is 78.5 Å². The first-order chi connectivity index (χ1) is 13.1.